The molecule has 0 saturated carbocycles. The summed E-state index contributed by atoms with van der Waals surface area (Å²) in [6.07, 6.45) is 5.87. The third-order valence-electron chi connectivity index (χ3n) is 21.9. The van der Waals surface area contributed by atoms with Crippen LogP contribution in [0.2, 0.25) is 0 Å². The summed E-state index contributed by atoms with van der Waals surface area (Å²) in [5, 5.41) is 2.19. The molecule has 18 rings (SSSR count). The Kier molecular flexibility index (Phi) is 11.6. The minimum atomic E-state index is -0.242. The summed E-state index contributed by atoms with van der Waals surface area (Å²) in [5.41, 5.74) is 26.4. The third kappa shape index (κ3) is 7.02. The Morgan fingerprint density at radius 1 is 0.433 bits per heavy atom. The molecule has 90 heavy (non-hydrogen) atoms. The van der Waals surface area contributed by atoms with Crippen molar-refractivity contribution in [1.82, 2.24) is 14.1 Å². The van der Waals surface area contributed by atoms with E-state index in [1.165, 1.54) is 61.2 Å². The number of ether oxygens (including phenoxy) is 1. The molecule has 0 amide bonds. The first-order chi connectivity index (χ1) is 43.3. The summed E-state index contributed by atoms with van der Waals surface area (Å²) in [6.45, 7) is 17.0. The number of aromatic nitrogens is 4. The fourth-order valence-electron chi connectivity index (χ4n) is 17.5. The van der Waals surface area contributed by atoms with Crippen molar-refractivity contribution < 1.29 is 30.4 Å². The molecule has 4 unspecified atom stereocenters. The zero-order valence-corrected chi connectivity index (χ0v) is 53.5. The van der Waals surface area contributed by atoms with E-state index in [4.69, 9.17) is 9.72 Å². The maximum absolute atomic E-state index is 6.96. The van der Waals surface area contributed by atoms with Gasteiger partial charge in [-0.3, -0.25) is 4.57 Å². The number of imidazole rings is 1. The van der Waals surface area contributed by atoms with Gasteiger partial charge in [-0.1, -0.05) is 242 Å². The monoisotopic (exact) mass is 1340 g/mol. The molecule has 6 heteroatoms. The van der Waals surface area contributed by atoms with Crippen LogP contribution in [-0.4, -0.2) is 14.1 Å². The van der Waals surface area contributed by atoms with Crippen molar-refractivity contribution in [2.24, 2.45) is 5.41 Å². The zero-order chi connectivity index (χ0) is 59.9. The van der Waals surface area contributed by atoms with Crippen LogP contribution in [0, 0.1) is 23.9 Å². The van der Waals surface area contributed by atoms with E-state index in [-0.39, 0.29) is 48.1 Å². The summed E-state index contributed by atoms with van der Waals surface area (Å²) >= 11 is 0. The van der Waals surface area contributed by atoms with Crippen molar-refractivity contribution in [3.63, 3.8) is 0 Å². The molecule has 0 spiro atoms. The van der Waals surface area contributed by atoms with Gasteiger partial charge in [0.25, 0.3) is 6.33 Å². The first-order valence-corrected chi connectivity index (χ1v) is 31.2. The first-order valence-electron chi connectivity index (χ1n) is 31.2. The number of hydrogen-bond acceptors (Lipinski definition) is 2. The van der Waals surface area contributed by atoms with Gasteiger partial charge in [-0.15, -0.1) is 29.7 Å². The Morgan fingerprint density at radius 2 is 0.978 bits per heavy atom. The second-order valence-corrected chi connectivity index (χ2v) is 26.8. The molecule has 4 atom stereocenters. The van der Waals surface area contributed by atoms with Crippen LogP contribution in [0.3, 0.4) is 0 Å². The van der Waals surface area contributed by atoms with Gasteiger partial charge in [0.2, 0.25) is 0 Å². The van der Waals surface area contributed by atoms with Crippen LogP contribution in [0.5, 0.6) is 11.5 Å². The van der Waals surface area contributed by atoms with Crippen molar-refractivity contribution in [2.45, 2.75) is 70.1 Å². The van der Waals surface area contributed by atoms with E-state index >= 15 is 0 Å². The minimum absolute atomic E-state index is 0. The predicted octanol–water partition coefficient (Wildman–Crippen LogP) is 19.8. The number of fused-ring (bicyclic) bond motifs is 19. The molecule has 14 aromatic rings. The molecule has 0 N–H and O–H groups in total. The van der Waals surface area contributed by atoms with Crippen molar-refractivity contribution in [3.8, 4) is 84.3 Å². The normalized spacial score (nSPS) is 19.6. The maximum Gasteiger partial charge on any atom is 0.268 e. The van der Waals surface area contributed by atoms with Crippen LogP contribution >= 0.6 is 0 Å². The molecule has 5 nitrogen and oxygen atoms in total. The van der Waals surface area contributed by atoms with Crippen LogP contribution in [-0.2, 0) is 42.7 Å². The Morgan fingerprint density at radius 3 is 1.67 bits per heavy atom. The van der Waals surface area contributed by atoms with E-state index < -0.39 is 0 Å². The van der Waals surface area contributed by atoms with Crippen molar-refractivity contribution >= 4 is 32.8 Å². The van der Waals surface area contributed by atoms with Gasteiger partial charge in [-0.2, -0.15) is 18.2 Å². The van der Waals surface area contributed by atoms with E-state index in [9.17, 15) is 0 Å². The summed E-state index contributed by atoms with van der Waals surface area (Å²) in [4.78, 5) is 5.09. The molecule has 0 bridgehead atoms. The van der Waals surface area contributed by atoms with Gasteiger partial charge in [-0.05, 0) is 135 Å². The maximum atomic E-state index is 6.96. The Hall–Kier alpha value is -9.67. The quantitative estimate of drug-likeness (QED) is 0.123. The van der Waals surface area contributed by atoms with E-state index in [1.54, 1.807) is 0 Å². The molecule has 11 aromatic carbocycles. The summed E-state index contributed by atoms with van der Waals surface area (Å²) in [7, 11) is 0. The molecule has 0 saturated heterocycles. The number of nitrogens with zero attached hydrogens (tertiary/aromatic N) is 4. The molecule has 0 fully saturated rings. The molecular weight excluding hydrogens is 1280 g/mol. The number of benzene rings is 11. The van der Waals surface area contributed by atoms with Crippen molar-refractivity contribution in [3.05, 3.63) is 306 Å². The smallest absolute Gasteiger partial charge is 0.268 e. The van der Waals surface area contributed by atoms with E-state index in [0.717, 1.165) is 83.4 Å². The zero-order valence-electron chi connectivity index (χ0n) is 51.2. The fraction of sp³-hybridized carbons (Fsp3) is 0.143. The van der Waals surface area contributed by atoms with E-state index in [0.29, 0.717) is 11.5 Å². The van der Waals surface area contributed by atoms with Crippen LogP contribution in [0.15, 0.2) is 249 Å². The second-order valence-electron chi connectivity index (χ2n) is 26.8. The number of pyridine rings is 1. The number of hydrogen-bond donors (Lipinski definition) is 0. The molecule has 4 aliphatic rings. The van der Waals surface area contributed by atoms with E-state index in [2.05, 4.69) is 305 Å². The third-order valence-corrected chi connectivity index (χ3v) is 21.9. The van der Waals surface area contributed by atoms with Crippen LogP contribution < -0.4 is 9.30 Å². The van der Waals surface area contributed by atoms with Gasteiger partial charge >= 0.3 is 0 Å². The minimum Gasteiger partial charge on any atom is -0.510 e. The van der Waals surface area contributed by atoms with Crippen LogP contribution in [0.1, 0.15) is 87.4 Å². The first kappa shape index (κ1) is 54.5. The second kappa shape index (κ2) is 19.2. The Labute approximate surface area is 539 Å². The Bertz CT molecular complexity index is 5370. The largest absolute Gasteiger partial charge is 0.510 e. The fourth-order valence-corrected chi connectivity index (χ4v) is 17.5. The van der Waals surface area contributed by atoms with Crippen LogP contribution in [0.4, 0.5) is 0 Å². The van der Waals surface area contributed by atoms with Crippen molar-refractivity contribution in [1.29, 1.82) is 0 Å². The molecule has 3 aromatic heterocycles. The van der Waals surface area contributed by atoms with Gasteiger partial charge in [-0.25, -0.2) is 4.98 Å². The summed E-state index contributed by atoms with van der Waals surface area (Å²) in [5.74, 6) is 1.97. The van der Waals surface area contributed by atoms with Gasteiger partial charge in [0.05, 0.1) is 16.7 Å². The SMILES string of the molecule is CC(C)(C)c1ccnc(-n2c3[c-]c(Oc4[c-]c(-n5[c-][n+]6c7c(cccc75)-c5ccccc5-c5ccccc5-c5cccc(-c7ccccc7)c5-6)ccc4)ccc3c3cc(-c4ccc5c(c4)C4(C)c6ccccc6C6(C)c7ccccc7C5(C)C64C)ccc32)c1.[Pt]. The topological polar surface area (TPSA) is 35.9 Å². The van der Waals surface area contributed by atoms with Gasteiger partial charge < -0.3 is 13.9 Å². The molecule has 436 valence electrons. The standard InChI is InChI=1S/C84H62N4O.Pt/c1-80(2,3)55-44-45-85-77(48-55)88-74-43-39-53(54-38-42-72-73(47-54)83(6)71-36-18-17-35-70(71)81(4)68-33-15-16-34-69(68)82(72,5)84(81,83)7)46-67(74)64-41-40-58(50-76(64)88)89-57-25-19-24-56(49-57)86-51-87-78-59(52-22-9-8-10-23-52)30-20-31-65(78)62-28-13-11-26-60(62)61-27-12-14-29-63(61)66-32-21-37-75(86)79(66)87;/h8-48H,1-7H3;/q-2;. The molecule has 0 radical (unpaired) electrons. The van der Waals surface area contributed by atoms with Gasteiger partial charge in [0, 0.05) is 65.9 Å². The average molecular weight is 1340 g/mol. The predicted molar refractivity (Wildman–Crippen MR) is 360 cm³/mol. The van der Waals surface area contributed by atoms with E-state index in [1.807, 2.05) is 24.4 Å². The number of rotatable bonds is 6. The molecule has 1 aliphatic heterocycles. The van der Waals surface area contributed by atoms with Crippen LogP contribution in [0.25, 0.3) is 106 Å². The summed E-state index contributed by atoms with van der Waals surface area (Å²) < 4.78 is 13.7. The average Bonchev–Trinajstić information content (AvgIpc) is 1.44. The Balaban J connectivity index is 0.00000624. The van der Waals surface area contributed by atoms with Gasteiger partial charge in [0.1, 0.15) is 5.82 Å². The number of para-hydroxylation sites is 2. The van der Waals surface area contributed by atoms with Gasteiger partial charge in [0.15, 0.2) is 0 Å². The summed E-state index contributed by atoms with van der Waals surface area (Å²) in [6, 6.07) is 96.8. The molecule has 3 aliphatic carbocycles. The molecule has 4 heterocycles. The molecular formula is C84H62N4OPt-2. The van der Waals surface area contributed by atoms with Crippen molar-refractivity contribution in [2.75, 3.05) is 0 Å².